The zero-order valence-electron chi connectivity index (χ0n) is 10.8. The third-order valence-electron chi connectivity index (χ3n) is 3.19. The summed E-state index contributed by atoms with van der Waals surface area (Å²) in [6.07, 6.45) is 1.51. The number of hydrogen-bond donors (Lipinski definition) is 4. The van der Waals surface area contributed by atoms with Crippen LogP contribution in [0.4, 0.5) is 0 Å². The number of carbonyl (C=O) groups is 1. The van der Waals surface area contributed by atoms with Crippen LogP contribution in [0.3, 0.4) is 0 Å². The summed E-state index contributed by atoms with van der Waals surface area (Å²) in [5.74, 6) is -0.110. The molecule has 1 aliphatic rings. The Morgan fingerprint density at radius 1 is 1.58 bits per heavy atom. The second-order valence-electron chi connectivity index (χ2n) is 4.53. The fourth-order valence-electron chi connectivity index (χ4n) is 2.10. The highest BCUT2D eigenvalue weighted by molar-refractivity contribution is 5.87. The van der Waals surface area contributed by atoms with Crippen LogP contribution in [0, 0.1) is 5.92 Å². The molecule has 1 aromatic heterocycles. The average molecular weight is 290 g/mol. The van der Waals surface area contributed by atoms with Gasteiger partial charge in [0.2, 0.25) is 0 Å². The Labute approximate surface area is 118 Å². The van der Waals surface area contributed by atoms with Gasteiger partial charge in [-0.3, -0.25) is 0 Å². The summed E-state index contributed by atoms with van der Waals surface area (Å²) in [5, 5.41) is 16.0. The maximum Gasteiger partial charge on any atom is 0.354 e. The summed E-state index contributed by atoms with van der Waals surface area (Å²) in [4.78, 5) is 14.1. The van der Waals surface area contributed by atoms with Gasteiger partial charge in [0.05, 0.1) is 13.2 Å². The van der Waals surface area contributed by atoms with Crippen molar-refractivity contribution in [2.75, 3.05) is 26.7 Å². The maximum atomic E-state index is 11.2. The molecule has 1 fully saturated rings. The molecule has 2 unspecified atom stereocenters. The molecule has 1 aromatic rings. The van der Waals surface area contributed by atoms with E-state index in [-0.39, 0.29) is 30.4 Å². The Kier molecular flexibility index (Phi) is 6.30. The van der Waals surface area contributed by atoms with Gasteiger partial charge in [0.25, 0.3) is 0 Å². The molecule has 19 heavy (non-hydrogen) atoms. The van der Waals surface area contributed by atoms with Gasteiger partial charge < -0.3 is 25.5 Å². The van der Waals surface area contributed by atoms with Crippen molar-refractivity contribution in [3.63, 3.8) is 0 Å². The van der Waals surface area contributed by atoms with E-state index >= 15 is 0 Å². The molecule has 2 rings (SSSR count). The number of nitrogens with one attached hydrogen (secondary N) is 3. The molecule has 0 saturated carbocycles. The fourth-order valence-corrected chi connectivity index (χ4v) is 2.10. The number of methoxy groups -OCH3 is 1. The van der Waals surface area contributed by atoms with Crippen molar-refractivity contribution in [1.82, 2.24) is 15.6 Å². The molecule has 7 heteroatoms. The highest BCUT2D eigenvalue weighted by Gasteiger charge is 2.24. The van der Waals surface area contributed by atoms with Crippen LogP contribution in [0.1, 0.15) is 16.1 Å². The van der Waals surface area contributed by atoms with Gasteiger partial charge in [-0.15, -0.1) is 12.4 Å². The van der Waals surface area contributed by atoms with E-state index in [1.165, 1.54) is 7.11 Å². The van der Waals surface area contributed by atoms with E-state index in [1.807, 2.05) is 0 Å². The van der Waals surface area contributed by atoms with Crippen molar-refractivity contribution < 1.29 is 14.6 Å². The molecule has 2 heterocycles. The van der Waals surface area contributed by atoms with Crippen LogP contribution in [-0.2, 0) is 11.3 Å². The first-order valence-corrected chi connectivity index (χ1v) is 6.06. The summed E-state index contributed by atoms with van der Waals surface area (Å²) in [5.41, 5.74) is 1.45. The lowest BCUT2D eigenvalue weighted by molar-refractivity contribution is 0.0595. The average Bonchev–Trinajstić information content (AvgIpc) is 2.99. The van der Waals surface area contributed by atoms with Crippen molar-refractivity contribution in [2.24, 2.45) is 5.92 Å². The predicted octanol–water partition coefficient (Wildman–Crippen LogP) is -0.107. The lowest BCUT2D eigenvalue weighted by atomic mass is 10.1. The van der Waals surface area contributed by atoms with E-state index in [1.54, 1.807) is 12.3 Å². The Morgan fingerprint density at radius 2 is 2.37 bits per heavy atom. The predicted molar refractivity (Wildman–Crippen MR) is 73.5 cm³/mol. The van der Waals surface area contributed by atoms with Crippen LogP contribution in [0.2, 0.25) is 0 Å². The highest BCUT2D eigenvalue weighted by Crippen LogP contribution is 2.08. The molecule has 0 amide bonds. The summed E-state index contributed by atoms with van der Waals surface area (Å²) in [6.45, 7) is 2.93. The molecular weight excluding hydrogens is 270 g/mol. The Morgan fingerprint density at radius 3 is 3.00 bits per heavy atom. The molecule has 1 aliphatic heterocycles. The number of carbonyl (C=O) groups excluding carboxylic acids is 1. The van der Waals surface area contributed by atoms with Crippen molar-refractivity contribution in [2.45, 2.75) is 12.6 Å². The lowest BCUT2D eigenvalue weighted by Gasteiger charge is -2.13. The molecule has 6 nitrogen and oxygen atoms in total. The van der Waals surface area contributed by atoms with Crippen LogP contribution in [-0.4, -0.2) is 48.9 Å². The molecule has 0 aromatic carbocycles. The van der Waals surface area contributed by atoms with E-state index in [0.29, 0.717) is 18.8 Å². The summed E-state index contributed by atoms with van der Waals surface area (Å²) in [6, 6.07) is 1.77. The number of aromatic amines is 1. The Balaban J connectivity index is 0.00000180. The van der Waals surface area contributed by atoms with Gasteiger partial charge >= 0.3 is 5.97 Å². The number of H-pyrrole nitrogens is 1. The van der Waals surface area contributed by atoms with Gasteiger partial charge in [-0.05, 0) is 11.6 Å². The number of aliphatic hydroxyl groups is 1. The van der Waals surface area contributed by atoms with Gasteiger partial charge in [0.1, 0.15) is 5.69 Å². The summed E-state index contributed by atoms with van der Waals surface area (Å²) < 4.78 is 4.62. The molecule has 0 bridgehead atoms. The molecule has 4 N–H and O–H groups in total. The van der Waals surface area contributed by atoms with E-state index < -0.39 is 0 Å². The zero-order valence-corrected chi connectivity index (χ0v) is 11.6. The van der Waals surface area contributed by atoms with Gasteiger partial charge in [-0.1, -0.05) is 0 Å². The number of aliphatic hydroxyl groups excluding tert-OH is 1. The van der Waals surface area contributed by atoms with Crippen LogP contribution < -0.4 is 10.6 Å². The number of halogens is 1. The third kappa shape index (κ3) is 4.21. The quantitative estimate of drug-likeness (QED) is 0.569. The van der Waals surface area contributed by atoms with Crippen molar-refractivity contribution in [1.29, 1.82) is 0 Å². The Hall–Kier alpha value is -1.08. The fraction of sp³-hybridized carbons (Fsp3) is 0.583. The van der Waals surface area contributed by atoms with Gasteiger partial charge in [0, 0.05) is 38.3 Å². The minimum Gasteiger partial charge on any atom is -0.464 e. The van der Waals surface area contributed by atoms with E-state index in [2.05, 4.69) is 20.4 Å². The molecular formula is C12H20ClN3O3. The minimum absolute atomic E-state index is 0. The lowest BCUT2D eigenvalue weighted by Crippen LogP contribution is -2.30. The highest BCUT2D eigenvalue weighted by atomic mass is 35.5. The topological polar surface area (TPSA) is 86.4 Å². The van der Waals surface area contributed by atoms with Crippen LogP contribution in [0.25, 0.3) is 0 Å². The first-order valence-electron chi connectivity index (χ1n) is 6.06. The third-order valence-corrected chi connectivity index (χ3v) is 3.19. The van der Waals surface area contributed by atoms with Gasteiger partial charge in [-0.2, -0.15) is 0 Å². The number of β-amino-alcohol motifs (C(OH)–C–C–N with tert-alkyl or cyclic N) is 1. The molecule has 108 valence electrons. The minimum atomic E-state index is -0.364. The molecule has 2 atom stereocenters. The second-order valence-corrected chi connectivity index (χ2v) is 4.53. The standard InChI is InChI=1S/C12H19N3O3.ClH/c1-18-12(17)10-2-8(4-15-10)3-13-5-9-6-14-7-11(9)16;/h2,4,9,11,13-16H,3,5-7H2,1H3;1H. The first-order chi connectivity index (χ1) is 8.70. The van der Waals surface area contributed by atoms with E-state index in [0.717, 1.165) is 18.7 Å². The molecule has 0 spiro atoms. The number of ether oxygens (including phenoxy) is 1. The first kappa shape index (κ1) is 16.0. The van der Waals surface area contributed by atoms with Crippen LogP contribution in [0.15, 0.2) is 12.3 Å². The smallest absolute Gasteiger partial charge is 0.354 e. The largest absolute Gasteiger partial charge is 0.464 e. The number of esters is 1. The van der Waals surface area contributed by atoms with Crippen molar-refractivity contribution in [3.05, 3.63) is 23.5 Å². The SMILES string of the molecule is COC(=O)c1cc(CNCC2CNCC2O)c[nH]1.Cl. The number of aromatic nitrogens is 1. The monoisotopic (exact) mass is 289 g/mol. The normalized spacial score (nSPS) is 22.0. The van der Waals surface area contributed by atoms with Gasteiger partial charge in [-0.25, -0.2) is 4.79 Å². The van der Waals surface area contributed by atoms with Crippen molar-refractivity contribution >= 4 is 18.4 Å². The van der Waals surface area contributed by atoms with Gasteiger partial charge in [0.15, 0.2) is 0 Å². The van der Waals surface area contributed by atoms with Crippen LogP contribution >= 0.6 is 12.4 Å². The molecule has 0 aliphatic carbocycles. The number of hydrogen-bond acceptors (Lipinski definition) is 5. The number of rotatable bonds is 5. The van der Waals surface area contributed by atoms with Crippen LogP contribution in [0.5, 0.6) is 0 Å². The molecule has 0 radical (unpaired) electrons. The summed E-state index contributed by atoms with van der Waals surface area (Å²) >= 11 is 0. The molecule has 1 saturated heterocycles. The zero-order chi connectivity index (χ0) is 13.0. The Bertz CT molecular complexity index is 411. The van der Waals surface area contributed by atoms with Crippen molar-refractivity contribution in [3.8, 4) is 0 Å². The second kappa shape index (κ2) is 7.49. The maximum absolute atomic E-state index is 11.2. The summed E-state index contributed by atoms with van der Waals surface area (Å²) in [7, 11) is 1.36. The van der Waals surface area contributed by atoms with E-state index in [9.17, 15) is 9.90 Å². The van der Waals surface area contributed by atoms with E-state index in [4.69, 9.17) is 0 Å².